The van der Waals surface area contributed by atoms with Gasteiger partial charge in [0.05, 0.1) is 17.1 Å². The number of H-pyrrole nitrogens is 1. The molecule has 2 amide bonds. The molecule has 0 spiro atoms. The Morgan fingerprint density at radius 2 is 2.03 bits per heavy atom. The molecule has 0 radical (unpaired) electrons. The summed E-state index contributed by atoms with van der Waals surface area (Å²) in [5.74, 6) is 1.55. The summed E-state index contributed by atoms with van der Waals surface area (Å²) < 4.78 is 0. The molecule has 2 aliphatic heterocycles. The van der Waals surface area contributed by atoms with Gasteiger partial charge in [0.2, 0.25) is 0 Å². The predicted octanol–water partition coefficient (Wildman–Crippen LogP) is 3.27. The van der Waals surface area contributed by atoms with Gasteiger partial charge >= 0.3 is 6.03 Å². The molecule has 2 N–H and O–H groups in total. The lowest BCUT2D eigenvalue weighted by molar-refractivity contribution is 0.0971. The molecule has 2 bridgehead atoms. The first-order valence-corrected chi connectivity index (χ1v) is 10.8. The minimum absolute atomic E-state index is 0.0133. The number of anilines is 3. The van der Waals surface area contributed by atoms with Gasteiger partial charge in [-0.1, -0.05) is 0 Å². The highest BCUT2D eigenvalue weighted by atomic mass is 16.2. The minimum atomic E-state index is -0.291. The topological polar surface area (TPSA) is 107 Å². The minimum Gasteiger partial charge on any atom is -0.366 e. The number of rotatable bonds is 4. The van der Waals surface area contributed by atoms with Gasteiger partial charge in [0.25, 0.3) is 0 Å². The van der Waals surface area contributed by atoms with Crippen molar-refractivity contribution in [3.63, 3.8) is 0 Å². The van der Waals surface area contributed by atoms with Crippen LogP contribution in [-0.2, 0) is 0 Å². The maximum Gasteiger partial charge on any atom is 0.329 e. The summed E-state index contributed by atoms with van der Waals surface area (Å²) >= 11 is 0. The number of ketones is 1. The van der Waals surface area contributed by atoms with Crippen LogP contribution in [0.15, 0.2) is 24.3 Å². The smallest absolute Gasteiger partial charge is 0.329 e. The summed E-state index contributed by atoms with van der Waals surface area (Å²) in [7, 11) is 0. The zero-order valence-corrected chi connectivity index (χ0v) is 17.3. The maximum atomic E-state index is 13.4. The van der Waals surface area contributed by atoms with Crippen molar-refractivity contribution in [2.75, 3.05) is 28.2 Å². The van der Waals surface area contributed by atoms with E-state index in [1.165, 1.54) is 0 Å². The zero-order chi connectivity index (χ0) is 21.1. The van der Waals surface area contributed by atoms with Gasteiger partial charge in [0, 0.05) is 25.2 Å². The molecular weight excluding hydrogens is 394 g/mol. The first-order chi connectivity index (χ1) is 15.1. The lowest BCUT2D eigenvalue weighted by Gasteiger charge is -2.35. The van der Waals surface area contributed by atoms with Crippen LogP contribution in [0.25, 0.3) is 11.0 Å². The Hall–Kier alpha value is -3.49. The van der Waals surface area contributed by atoms with Gasteiger partial charge in [0.15, 0.2) is 23.1 Å². The van der Waals surface area contributed by atoms with Crippen LogP contribution >= 0.6 is 0 Å². The number of carbonyl (C=O) groups excluding carboxylic acids is 2. The zero-order valence-electron chi connectivity index (χ0n) is 17.3. The molecule has 0 aromatic carbocycles. The molecular formula is C22H23N7O2. The number of hydrogen-bond acceptors (Lipinski definition) is 6. The number of Topliss-reactive ketones (excluding diaryl/α,β-unsaturated/α-hetero) is 1. The van der Waals surface area contributed by atoms with Gasteiger partial charge in [-0.2, -0.15) is 5.10 Å². The Balaban J connectivity index is 1.33. The molecule has 5 heterocycles. The first kappa shape index (κ1) is 18.3. The predicted molar refractivity (Wildman–Crippen MR) is 117 cm³/mol. The molecule has 3 aromatic rings. The molecule has 3 aliphatic rings. The van der Waals surface area contributed by atoms with Gasteiger partial charge < -0.3 is 4.90 Å². The van der Waals surface area contributed by atoms with Crippen LogP contribution in [0.3, 0.4) is 0 Å². The largest absolute Gasteiger partial charge is 0.366 e. The van der Waals surface area contributed by atoms with E-state index in [2.05, 4.69) is 30.4 Å². The van der Waals surface area contributed by atoms with E-state index in [1.54, 1.807) is 11.0 Å². The van der Waals surface area contributed by atoms with E-state index in [0.29, 0.717) is 35.3 Å². The molecule has 9 heteroatoms. The van der Waals surface area contributed by atoms with Crippen LogP contribution in [0.4, 0.5) is 22.1 Å². The maximum absolute atomic E-state index is 13.4. The number of aromatic nitrogens is 4. The molecule has 1 atom stereocenters. The number of fused-ring (bicyclic) bond motifs is 5. The average molecular weight is 417 g/mol. The van der Waals surface area contributed by atoms with Crippen molar-refractivity contribution >= 4 is 40.2 Å². The van der Waals surface area contributed by atoms with E-state index in [-0.39, 0.29) is 17.9 Å². The van der Waals surface area contributed by atoms with E-state index < -0.39 is 0 Å². The second kappa shape index (κ2) is 6.76. The van der Waals surface area contributed by atoms with Crippen LogP contribution in [0.5, 0.6) is 0 Å². The van der Waals surface area contributed by atoms with Crippen LogP contribution < -0.4 is 15.1 Å². The number of nitrogens with one attached hydrogen (secondary N) is 2. The van der Waals surface area contributed by atoms with Crippen molar-refractivity contribution in [1.29, 1.82) is 0 Å². The molecule has 6 rings (SSSR count). The summed E-state index contributed by atoms with van der Waals surface area (Å²) in [6.45, 7) is 3.54. The standard InChI is InChI=1S/C22H23N7O2/c1-12-2-5-15-19(23-12)26-27-20(15)25-22(31)29-14-8-9-28(11-14)17-7-6-16(24-21(17)29)18(30)10-13-3-4-13/h2,5-7,13-14H,3-4,8-11H2,1H3,(H2,23,25,26,27,31)/t14-/m0/s1. The first-order valence-electron chi connectivity index (χ1n) is 10.8. The highest BCUT2D eigenvalue weighted by Crippen LogP contribution is 2.40. The number of urea groups is 1. The number of amides is 2. The summed E-state index contributed by atoms with van der Waals surface area (Å²) in [4.78, 5) is 39.1. The van der Waals surface area contributed by atoms with Crippen LogP contribution in [-0.4, -0.2) is 51.1 Å². The van der Waals surface area contributed by atoms with Gasteiger partial charge in [-0.25, -0.2) is 14.8 Å². The molecule has 1 saturated heterocycles. The number of aryl methyl sites for hydroxylation is 1. The van der Waals surface area contributed by atoms with Crippen molar-refractivity contribution < 1.29 is 9.59 Å². The molecule has 3 aromatic heterocycles. The van der Waals surface area contributed by atoms with Gasteiger partial charge in [0.1, 0.15) is 5.69 Å². The third-order valence-corrected chi connectivity index (χ3v) is 6.42. The Labute approximate surface area is 178 Å². The third-order valence-electron chi connectivity index (χ3n) is 6.42. The summed E-state index contributed by atoms with van der Waals surface area (Å²) in [5.41, 5.74) is 2.84. The van der Waals surface area contributed by atoms with Crippen LogP contribution in [0.2, 0.25) is 0 Å². The number of aromatic amines is 1. The summed E-state index contributed by atoms with van der Waals surface area (Å²) in [6, 6.07) is 7.23. The molecule has 2 fully saturated rings. The fourth-order valence-corrected chi connectivity index (χ4v) is 4.57. The SMILES string of the molecule is Cc1ccc2c(NC(=O)N3c4nc(C(=O)CC5CC5)ccc4N4CC[C@H]3C4)n[nH]c2n1. The van der Waals surface area contributed by atoms with E-state index in [9.17, 15) is 9.59 Å². The van der Waals surface area contributed by atoms with Crippen LogP contribution in [0.1, 0.15) is 41.9 Å². The normalized spacial score (nSPS) is 19.6. The fraction of sp³-hybridized carbons (Fsp3) is 0.409. The van der Waals surface area contributed by atoms with Crippen molar-refractivity contribution in [2.24, 2.45) is 5.92 Å². The number of pyridine rings is 2. The summed E-state index contributed by atoms with van der Waals surface area (Å²) in [5, 5.41) is 10.8. The quantitative estimate of drug-likeness (QED) is 0.631. The van der Waals surface area contributed by atoms with Gasteiger partial charge in [-0.15, -0.1) is 0 Å². The molecule has 158 valence electrons. The van der Waals surface area contributed by atoms with E-state index in [4.69, 9.17) is 0 Å². The Kier molecular flexibility index (Phi) is 3.99. The van der Waals surface area contributed by atoms with Crippen molar-refractivity contribution in [3.05, 3.63) is 35.7 Å². The van der Waals surface area contributed by atoms with E-state index in [1.807, 2.05) is 25.1 Å². The summed E-state index contributed by atoms with van der Waals surface area (Å²) in [6.07, 6.45) is 3.63. The Bertz CT molecular complexity index is 1220. The highest BCUT2D eigenvalue weighted by Gasteiger charge is 2.41. The molecule has 9 nitrogen and oxygen atoms in total. The number of nitrogens with zero attached hydrogens (tertiary/aromatic N) is 5. The molecule has 0 unspecified atom stereocenters. The molecule has 31 heavy (non-hydrogen) atoms. The van der Waals surface area contributed by atoms with Crippen molar-refractivity contribution in [1.82, 2.24) is 20.2 Å². The Morgan fingerprint density at radius 3 is 2.87 bits per heavy atom. The second-order valence-electron chi connectivity index (χ2n) is 8.72. The van der Waals surface area contributed by atoms with E-state index in [0.717, 1.165) is 49.1 Å². The van der Waals surface area contributed by atoms with Gasteiger partial charge in [-0.3, -0.25) is 20.1 Å². The Morgan fingerprint density at radius 1 is 1.16 bits per heavy atom. The number of carbonyl (C=O) groups is 2. The lowest BCUT2D eigenvalue weighted by atomic mass is 10.1. The molecule has 1 aliphatic carbocycles. The van der Waals surface area contributed by atoms with E-state index >= 15 is 0 Å². The highest BCUT2D eigenvalue weighted by molar-refractivity contribution is 6.08. The second-order valence-corrected chi connectivity index (χ2v) is 8.72. The van der Waals surface area contributed by atoms with Gasteiger partial charge in [-0.05, 0) is 56.4 Å². The fourth-order valence-electron chi connectivity index (χ4n) is 4.57. The molecule has 1 saturated carbocycles. The lowest BCUT2D eigenvalue weighted by Crippen LogP contribution is -2.48. The third kappa shape index (κ3) is 3.11. The van der Waals surface area contributed by atoms with Crippen molar-refractivity contribution in [3.8, 4) is 0 Å². The average Bonchev–Trinajstić information content (AvgIpc) is 3.35. The van der Waals surface area contributed by atoms with Crippen molar-refractivity contribution in [2.45, 2.75) is 38.6 Å². The number of hydrogen-bond donors (Lipinski definition) is 2. The van der Waals surface area contributed by atoms with Crippen LogP contribution in [0, 0.1) is 12.8 Å². The monoisotopic (exact) mass is 417 g/mol.